The first-order chi connectivity index (χ1) is 34.4. The van der Waals surface area contributed by atoms with Gasteiger partial charge < -0.3 is 81.3 Å². The van der Waals surface area contributed by atoms with E-state index >= 15 is 0 Å². The quantitative estimate of drug-likeness (QED) is 0.0360. The van der Waals surface area contributed by atoms with Crippen molar-refractivity contribution in [1.29, 1.82) is 0 Å². The first-order valence-corrected chi connectivity index (χ1v) is 24.6. The number of hydrogen-bond acceptors (Lipinski definition) is 16. The molecular weight excluding hydrogens is 937 g/mol. The summed E-state index contributed by atoms with van der Waals surface area (Å²) in [6.45, 7) is 16.0. The van der Waals surface area contributed by atoms with Crippen LogP contribution >= 0.6 is 0 Å². The molecule has 0 aliphatic heterocycles. The zero-order valence-corrected chi connectivity index (χ0v) is 43.4. The molecule has 0 saturated carbocycles. The molecule has 408 valence electrons. The summed E-state index contributed by atoms with van der Waals surface area (Å²) in [5, 5.41) is 16.0. The summed E-state index contributed by atoms with van der Waals surface area (Å²) in [5.41, 5.74) is 11.8. The Balaban J connectivity index is 0.000000846. The normalized spacial score (nSPS) is 11.9. The average molecular weight is 1020 g/mol. The smallest absolute Gasteiger partial charge is 0.408 e. The lowest BCUT2D eigenvalue weighted by Gasteiger charge is -2.19. The highest BCUT2D eigenvalue weighted by Crippen LogP contribution is 2.08. The molecule has 0 saturated heterocycles. The second-order valence-corrected chi connectivity index (χ2v) is 18.0. The molecule has 0 heterocycles. The molecule has 2 aromatic rings. The van der Waals surface area contributed by atoms with Crippen molar-refractivity contribution in [2.24, 2.45) is 11.5 Å². The monoisotopic (exact) mass is 1020 g/mol. The Kier molecular flexibility index (Phi) is 35.5. The molecular formula is C50H84N8O14. The van der Waals surface area contributed by atoms with Crippen LogP contribution in [0.1, 0.15) is 91.2 Å². The van der Waals surface area contributed by atoms with Crippen LogP contribution in [-0.4, -0.2) is 152 Å². The van der Waals surface area contributed by atoms with Gasteiger partial charge in [0.05, 0.1) is 58.9 Å². The number of amides is 6. The predicted molar refractivity (Wildman–Crippen MR) is 271 cm³/mol. The first-order valence-electron chi connectivity index (χ1n) is 24.6. The molecule has 0 fully saturated rings. The van der Waals surface area contributed by atoms with Crippen LogP contribution in [0.4, 0.5) is 19.2 Å². The summed E-state index contributed by atoms with van der Waals surface area (Å²) in [4.78, 5) is 72.0. The van der Waals surface area contributed by atoms with Gasteiger partial charge in [0.25, 0.3) is 0 Å². The summed E-state index contributed by atoms with van der Waals surface area (Å²) >= 11 is 0. The molecule has 0 aromatic heterocycles. The van der Waals surface area contributed by atoms with Crippen LogP contribution < -0.4 is 43.4 Å². The van der Waals surface area contributed by atoms with Gasteiger partial charge in [0.15, 0.2) is 0 Å². The minimum atomic E-state index is -0.839. The minimum absolute atomic E-state index is 0.0724. The second-order valence-electron chi connectivity index (χ2n) is 18.0. The van der Waals surface area contributed by atoms with Crippen molar-refractivity contribution in [2.45, 2.75) is 117 Å². The molecule has 0 aliphatic rings. The summed E-state index contributed by atoms with van der Waals surface area (Å²) in [6.07, 6.45) is 1.61. The third-order valence-electron chi connectivity index (χ3n) is 9.19. The third kappa shape index (κ3) is 38.9. The van der Waals surface area contributed by atoms with Gasteiger partial charge in [0.2, 0.25) is 11.8 Å². The first kappa shape index (κ1) is 64.2. The number of alkyl carbamates (subject to hydrolysis) is 4. The van der Waals surface area contributed by atoms with E-state index in [1.54, 1.807) is 41.5 Å². The van der Waals surface area contributed by atoms with E-state index in [2.05, 4.69) is 31.9 Å². The highest BCUT2D eigenvalue weighted by molar-refractivity contribution is 5.85. The number of carbonyl (C=O) groups excluding carboxylic acids is 6. The van der Waals surface area contributed by atoms with Crippen LogP contribution in [0.2, 0.25) is 0 Å². The molecule has 6 amide bonds. The number of nitrogens with one attached hydrogen (secondary N) is 6. The van der Waals surface area contributed by atoms with Gasteiger partial charge in [0.1, 0.15) is 30.5 Å². The van der Waals surface area contributed by atoms with Crippen LogP contribution in [0.15, 0.2) is 60.7 Å². The maximum absolute atomic E-state index is 12.9. The molecule has 2 atom stereocenters. The van der Waals surface area contributed by atoms with Gasteiger partial charge in [-0.25, -0.2) is 19.2 Å². The van der Waals surface area contributed by atoms with Gasteiger partial charge in [-0.3, -0.25) is 9.59 Å². The number of nitrogens with two attached hydrogens (primary N) is 2. The van der Waals surface area contributed by atoms with E-state index < -0.39 is 47.7 Å². The molecule has 2 unspecified atom stereocenters. The van der Waals surface area contributed by atoms with E-state index in [0.717, 1.165) is 24.0 Å². The number of benzene rings is 2. The summed E-state index contributed by atoms with van der Waals surface area (Å²) in [6, 6.07) is 17.3. The van der Waals surface area contributed by atoms with Crippen LogP contribution in [0.3, 0.4) is 0 Å². The van der Waals surface area contributed by atoms with Gasteiger partial charge in [-0.05, 0) is 91.3 Å². The molecule has 2 rings (SSSR count). The molecule has 10 N–H and O–H groups in total. The minimum Gasteiger partial charge on any atom is -0.445 e. The average Bonchev–Trinajstić information content (AvgIpc) is 3.33. The number of rotatable bonds is 34. The Morgan fingerprint density at radius 1 is 0.472 bits per heavy atom. The topological polar surface area (TPSA) is 300 Å². The summed E-state index contributed by atoms with van der Waals surface area (Å²) in [5.74, 6) is -0.546. The highest BCUT2D eigenvalue weighted by Gasteiger charge is 2.22. The highest BCUT2D eigenvalue weighted by atomic mass is 16.6. The lowest BCUT2D eigenvalue weighted by Crippen LogP contribution is -2.47. The van der Waals surface area contributed by atoms with Gasteiger partial charge in [-0.2, -0.15) is 0 Å². The maximum atomic E-state index is 12.9. The number of hydrogen-bond donors (Lipinski definition) is 8. The van der Waals surface area contributed by atoms with Crippen molar-refractivity contribution in [1.82, 2.24) is 31.9 Å². The fourth-order valence-corrected chi connectivity index (χ4v) is 5.72. The fourth-order valence-electron chi connectivity index (χ4n) is 5.72. The predicted octanol–water partition coefficient (Wildman–Crippen LogP) is 4.17. The third-order valence-corrected chi connectivity index (χ3v) is 9.19. The van der Waals surface area contributed by atoms with Gasteiger partial charge in [0, 0.05) is 32.7 Å². The summed E-state index contributed by atoms with van der Waals surface area (Å²) in [7, 11) is 0. The number of unbranched alkanes of at least 4 members (excludes halogenated alkanes) is 2. The van der Waals surface area contributed by atoms with Crippen molar-refractivity contribution in [3.63, 3.8) is 0 Å². The van der Waals surface area contributed by atoms with Gasteiger partial charge >= 0.3 is 24.4 Å². The summed E-state index contributed by atoms with van der Waals surface area (Å²) < 4.78 is 42.3. The maximum Gasteiger partial charge on any atom is 0.408 e. The Morgan fingerprint density at radius 2 is 0.875 bits per heavy atom. The van der Waals surface area contributed by atoms with Crippen molar-refractivity contribution in [3.05, 3.63) is 71.8 Å². The van der Waals surface area contributed by atoms with Crippen LogP contribution in [0, 0.1) is 0 Å². The largest absolute Gasteiger partial charge is 0.445 e. The molecule has 0 spiro atoms. The Hall–Kier alpha value is -5.78. The molecule has 22 nitrogen and oxygen atoms in total. The zero-order chi connectivity index (χ0) is 53.3. The van der Waals surface area contributed by atoms with Crippen molar-refractivity contribution >= 4 is 36.2 Å². The van der Waals surface area contributed by atoms with Crippen molar-refractivity contribution in [2.75, 3.05) is 92.1 Å². The van der Waals surface area contributed by atoms with Crippen LogP contribution in [0.25, 0.3) is 0 Å². The number of carbonyl (C=O) groups is 6. The van der Waals surface area contributed by atoms with Crippen LogP contribution in [-0.2, 0) is 60.7 Å². The van der Waals surface area contributed by atoms with E-state index in [4.69, 9.17) is 49.4 Å². The zero-order valence-electron chi connectivity index (χ0n) is 43.4. The Bertz CT molecular complexity index is 1770. The van der Waals surface area contributed by atoms with E-state index in [0.29, 0.717) is 105 Å². The van der Waals surface area contributed by atoms with E-state index in [1.807, 2.05) is 60.7 Å². The number of ether oxygens (including phenoxy) is 8. The lowest BCUT2D eigenvalue weighted by atomic mass is 10.1. The second kappa shape index (κ2) is 39.8. The van der Waals surface area contributed by atoms with Gasteiger partial charge in [-0.1, -0.05) is 67.1 Å². The van der Waals surface area contributed by atoms with E-state index in [9.17, 15) is 28.8 Å². The Morgan fingerprint density at radius 3 is 1.32 bits per heavy atom. The van der Waals surface area contributed by atoms with Gasteiger partial charge in [-0.15, -0.1) is 0 Å². The lowest BCUT2D eigenvalue weighted by molar-refractivity contribution is -0.124. The van der Waals surface area contributed by atoms with Crippen molar-refractivity contribution in [3.8, 4) is 0 Å². The molecule has 0 aliphatic carbocycles. The fraction of sp³-hybridized carbons (Fsp3) is 0.640. The van der Waals surface area contributed by atoms with Crippen LogP contribution in [0.5, 0.6) is 0 Å². The van der Waals surface area contributed by atoms with E-state index in [1.165, 1.54) is 0 Å². The molecule has 0 bridgehead atoms. The van der Waals surface area contributed by atoms with E-state index in [-0.39, 0.29) is 38.2 Å². The standard InChI is InChI=1S/C33H48N4O9.C17H36N4O5/c1-33(2,3)46-31(40)36-19-21-43-23-22-42-20-18-34-29(38)28(37-32(41)45-25-27-14-8-5-9-15-27)16-10-11-17-35-30(39)44-24-26-12-6-4-7-13-26;1-17(2,3)26-16(23)21-9-11-25-13-12-24-10-8-20-15(22)14(19)6-4-5-7-18/h4-9,12-15,28H,10-11,16-25H2,1-3H3,(H,34,38)(H,35,39)(H,36,40)(H,37,41);14H,4-13,18-19H2,1-3H3,(H,20,22)(H,21,23). The Labute approximate surface area is 425 Å². The SMILES string of the molecule is CC(C)(C)OC(=O)NCCOCCOCCNC(=O)C(CCCCNC(=O)OCc1ccccc1)NC(=O)OCc1ccccc1.CC(C)(C)OC(=O)NCCOCCOCCNC(=O)C(N)CCCCN. The molecule has 72 heavy (non-hydrogen) atoms. The molecule has 2 aromatic carbocycles. The molecule has 22 heteroatoms. The molecule has 0 radical (unpaired) electrons. The van der Waals surface area contributed by atoms with Crippen molar-refractivity contribution < 1.29 is 66.7 Å².